The van der Waals surface area contributed by atoms with Crippen LogP contribution in [0, 0.1) is 5.92 Å². The summed E-state index contributed by atoms with van der Waals surface area (Å²) in [4.78, 5) is 16.3. The number of carbonyl (C=O) groups is 1. The summed E-state index contributed by atoms with van der Waals surface area (Å²) in [6.07, 6.45) is 0.989. The van der Waals surface area contributed by atoms with Crippen LogP contribution in [-0.2, 0) is 9.47 Å². The van der Waals surface area contributed by atoms with Gasteiger partial charge >= 0.3 is 6.09 Å². The van der Waals surface area contributed by atoms with Crippen LogP contribution in [0.2, 0.25) is 0 Å². The van der Waals surface area contributed by atoms with Crippen molar-refractivity contribution in [2.45, 2.75) is 58.7 Å². The van der Waals surface area contributed by atoms with E-state index in [0.717, 1.165) is 45.9 Å². The van der Waals surface area contributed by atoms with Crippen molar-refractivity contribution in [3.63, 3.8) is 0 Å². The first-order chi connectivity index (χ1) is 11.2. The zero-order valence-electron chi connectivity index (χ0n) is 16.0. The zero-order valence-corrected chi connectivity index (χ0v) is 16.0. The lowest BCUT2D eigenvalue weighted by Crippen LogP contribution is -2.62. The van der Waals surface area contributed by atoms with Crippen LogP contribution in [0.25, 0.3) is 0 Å². The van der Waals surface area contributed by atoms with Crippen LogP contribution in [0.5, 0.6) is 0 Å². The molecule has 0 aromatic rings. The molecule has 2 rings (SSSR count). The van der Waals surface area contributed by atoms with Crippen LogP contribution < -0.4 is 5.32 Å². The molecular weight excluding hydrogens is 306 g/mol. The van der Waals surface area contributed by atoms with E-state index >= 15 is 0 Å². The molecule has 2 aliphatic heterocycles. The molecule has 24 heavy (non-hydrogen) atoms. The summed E-state index contributed by atoms with van der Waals surface area (Å²) in [5.41, 5.74) is -0.422. The van der Waals surface area contributed by atoms with Gasteiger partial charge in [-0.15, -0.1) is 0 Å². The average molecular weight is 341 g/mol. The van der Waals surface area contributed by atoms with E-state index in [0.29, 0.717) is 18.0 Å². The number of morpholine rings is 1. The smallest absolute Gasteiger partial charge is 0.410 e. The van der Waals surface area contributed by atoms with E-state index in [1.54, 1.807) is 4.90 Å². The number of ether oxygens (including phenoxy) is 2. The molecule has 0 aromatic carbocycles. The van der Waals surface area contributed by atoms with Gasteiger partial charge in [-0.3, -0.25) is 4.90 Å². The molecule has 0 saturated carbocycles. The molecule has 2 aliphatic rings. The molecule has 140 valence electrons. The molecule has 2 fully saturated rings. The maximum absolute atomic E-state index is 12.0. The molecular formula is C18H35N3O3. The minimum absolute atomic E-state index is 0.201. The predicted octanol–water partition coefficient (Wildman–Crippen LogP) is 1.94. The lowest BCUT2D eigenvalue weighted by molar-refractivity contribution is -0.000765. The van der Waals surface area contributed by atoms with Gasteiger partial charge in [0, 0.05) is 44.8 Å². The SMILES string of the molecule is CC(C)CC(CNC1CN(C(=O)OC(C)(C)C)C1)N1CCOCC1. The molecule has 2 saturated heterocycles. The first-order valence-corrected chi connectivity index (χ1v) is 9.27. The van der Waals surface area contributed by atoms with E-state index in [-0.39, 0.29) is 6.09 Å². The Morgan fingerprint density at radius 1 is 1.25 bits per heavy atom. The monoisotopic (exact) mass is 341 g/mol. The number of carbonyl (C=O) groups excluding carboxylic acids is 1. The number of nitrogens with zero attached hydrogens (tertiary/aromatic N) is 2. The molecule has 2 heterocycles. The fraction of sp³-hybridized carbons (Fsp3) is 0.944. The third-order valence-corrected chi connectivity index (χ3v) is 4.48. The van der Waals surface area contributed by atoms with Gasteiger partial charge in [0.1, 0.15) is 5.60 Å². The van der Waals surface area contributed by atoms with Gasteiger partial charge in [-0.05, 0) is 33.1 Å². The van der Waals surface area contributed by atoms with E-state index in [1.807, 2.05) is 20.8 Å². The highest BCUT2D eigenvalue weighted by molar-refractivity contribution is 5.69. The summed E-state index contributed by atoms with van der Waals surface area (Å²) in [6.45, 7) is 16.4. The van der Waals surface area contributed by atoms with Crippen LogP contribution in [0.1, 0.15) is 41.0 Å². The van der Waals surface area contributed by atoms with Crippen molar-refractivity contribution in [3.8, 4) is 0 Å². The van der Waals surface area contributed by atoms with Gasteiger partial charge < -0.3 is 19.7 Å². The Hall–Kier alpha value is -0.850. The van der Waals surface area contributed by atoms with Gasteiger partial charge in [-0.1, -0.05) is 13.8 Å². The van der Waals surface area contributed by atoms with E-state index in [4.69, 9.17) is 9.47 Å². The normalized spacial score (nSPS) is 21.7. The molecule has 0 bridgehead atoms. The molecule has 1 N–H and O–H groups in total. The van der Waals surface area contributed by atoms with Crippen LogP contribution >= 0.6 is 0 Å². The number of hydrogen-bond acceptors (Lipinski definition) is 5. The van der Waals surface area contributed by atoms with Gasteiger partial charge in [-0.2, -0.15) is 0 Å². The average Bonchev–Trinajstić information content (AvgIpc) is 2.43. The Kier molecular flexibility index (Phi) is 6.89. The molecule has 6 heteroatoms. The largest absolute Gasteiger partial charge is 0.444 e. The van der Waals surface area contributed by atoms with Gasteiger partial charge in [0.15, 0.2) is 0 Å². The third-order valence-electron chi connectivity index (χ3n) is 4.48. The number of amides is 1. The van der Waals surface area contributed by atoms with E-state index in [2.05, 4.69) is 24.1 Å². The molecule has 0 spiro atoms. The minimum atomic E-state index is -0.422. The summed E-state index contributed by atoms with van der Waals surface area (Å²) in [5.74, 6) is 0.680. The van der Waals surface area contributed by atoms with Gasteiger partial charge in [0.2, 0.25) is 0 Å². The van der Waals surface area contributed by atoms with Gasteiger partial charge in [-0.25, -0.2) is 4.79 Å². The lowest BCUT2D eigenvalue weighted by atomic mass is 10.0. The van der Waals surface area contributed by atoms with E-state index < -0.39 is 5.60 Å². The zero-order chi connectivity index (χ0) is 17.7. The first kappa shape index (κ1) is 19.5. The maximum Gasteiger partial charge on any atom is 0.410 e. The standard InChI is InChI=1S/C18H35N3O3/c1-14(2)10-16(20-6-8-23-9-7-20)11-19-15-12-21(13-15)17(22)24-18(3,4)5/h14-16,19H,6-13H2,1-5H3. The predicted molar refractivity (Wildman–Crippen MR) is 95.2 cm³/mol. The quantitative estimate of drug-likeness (QED) is 0.800. The van der Waals surface area contributed by atoms with Crippen LogP contribution in [0.3, 0.4) is 0 Å². The van der Waals surface area contributed by atoms with Crippen molar-refractivity contribution in [3.05, 3.63) is 0 Å². The van der Waals surface area contributed by atoms with E-state index in [1.165, 1.54) is 6.42 Å². The van der Waals surface area contributed by atoms with Crippen LogP contribution in [-0.4, -0.2) is 79.5 Å². The number of rotatable bonds is 6. The maximum atomic E-state index is 12.0. The Morgan fingerprint density at radius 3 is 2.42 bits per heavy atom. The third kappa shape index (κ3) is 6.22. The number of likely N-dealkylation sites (tertiary alicyclic amines) is 1. The Labute approximate surface area is 146 Å². The topological polar surface area (TPSA) is 54.0 Å². The highest BCUT2D eigenvalue weighted by atomic mass is 16.6. The Bertz CT molecular complexity index is 397. The summed E-state index contributed by atoms with van der Waals surface area (Å²) in [5, 5.41) is 3.64. The highest BCUT2D eigenvalue weighted by Gasteiger charge is 2.34. The van der Waals surface area contributed by atoms with Crippen molar-refractivity contribution in [2.75, 3.05) is 45.9 Å². The van der Waals surface area contributed by atoms with Crippen LogP contribution in [0.4, 0.5) is 4.79 Å². The van der Waals surface area contributed by atoms with Crippen molar-refractivity contribution in [1.82, 2.24) is 15.1 Å². The second-order valence-electron chi connectivity index (χ2n) is 8.42. The molecule has 1 amide bonds. The van der Waals surface area contributed by atoms with Crippen LogP contribution in [0.15, 0.2) is 0 Å². The fourth-order valence-corrected chi connectivity index (χ4v) is 3.23. The second-order valence-corrected chi connectivity index (χ2v) is 8.42. The second kappa shape index (κ2) is 8.50. The van der Waals surface area contributed by atoms with Gasteiger partial charge in [0.05, 0.1) is 13.2 Å². The van der Waals surface area contributed by atoms with Crippen molar-refractivity contribution < 1.29 is 14.3 Å². The summed E-state index contributed by atoms with van der Waals surface area (Å²) >= 11 is 0. The summed E-state index contributed by atoms with van der Waals surface area (Å²) < 4.78 is 10.9. The molecule has 1 atom stereocenters. The van der Waals surface area contributed by atoms with Gasteiger partial charge in [0.25, 0.3) is 0 Å². The Balaban J connectivity index is 1.72. The van der Waals surface area contributed by atoms with Crippen molar-refractivity contribution >= 4 is 6.09 Å². The van der Waals surface area contributed by atoms with E-state index in [9.17, 15) is 4.79 Å². The number of hydrogen-bond donors (Lipinski definition) is 1. The van der Waals surface area contributed by atoms with Crippen molar-refractivity contribution in [2.24, 2.45) is 5.92 Å². The molecule has 6 nitrogen and oxygen atoms in total. The summed E-state index contributed by atoms with van der Waals surface area (Å²) in [7, 11) is 0. The number of nitrogens with one attached hydrogen (secondary N) is 1. The van der Waals surface area contributed by atoms with Crippen molar-refractivity contribution in [1.29, 1.82) is 0 Å². The lowest BCUT2D eigenvalue weighted by Gasteiger charge is -2.42. The molecule has 1 unspecified atom stereocenters. The Morgan fingerprint density at radius 2 is 1.88 bits per heavy atom. The summed E-state index contributed by atoms with van der Waals surface area (Å²) in [6, 6.07) is 0.928. The molecule has 0 aromatic heterocycles. The molecule has 0 radical (unpaired) electrons. The molecule has 0 aliphatic carbocycles. The minimum Gasteiger partial charge on any atom is -0.444 e. The fourth-order valence-electron chi connectivity index (χ4n) is 3.23. The highest BCUT2D eigenvalue weighted by Crippen LogP contribution is 2.17. The first-order valence-electron chi connectivity index (χ1n) is 9.27.